The number of nitrogens with zero attached hydrogens (tertiary/aromatic N) is 2. The molecular weight excluding hydrogens is 230 g/mol. The zero-order chi connectivity index (χ0) is 13.8. The van der Waals surface area contributed by atoms with Crippen LogP contribution < -0.4 is 16.4 Å². The first-order valence-corrected chi connectivity index (χ1v) is 5.98. The molecule has 1 aromatic heterocycles. The molecule has 0 spiro atoms. The molecule has 4 N–H and O–H groups in total. The minimum absolute atomic E-state index is 0.0206. The number of nitrogen functional groups attached to an aromatic ring is 1. The smallest absolute Gasteiger partial charge is 0.227 e. The normalized spacial score (nSPS) is 11.1. The first kappa shape index (κ1) is 14.2. The maximum atomic E-state index is 11.6. The highest BCUT2D eigenvalue weighted by Gasteiger charge is 2.26. The minimum Gasteiger partial charge on any atom is -0.384 e. The Balaban J connectivity index is 2.74. The van der Waals surface area contributed by atoms with Crippen LogP contribution in [-0.4, -0.2) is 29.5 Å². The molecule has 0 atom stereocenters. The van der Waals surface area contributed by atoms with Crippen LogP contribution in [0.2, 0.25) is 0 Å². The number of aryl methyl sites for hydroxylation is 1. The number of rotatable bonds is 5. The number of carbonyl (C=O) groups is 1. The van der Waals surface area contributed by atoms with Gasteiger partial charge in [-0.2, -0.15) is 0 Å². The number of anilines is 2. The lowest BCUT2D eigenvalue weighted by Gasteiger charge is -2.23. The standard InChI is InChI=1S/C12H21N5O/c1-5-9-16-8(13)6-10(17-9)15-7-12(2,3)11(18)14-4/h6H,5,7H2,1-4H3,(H,14,18)(H3,13,15,16,17). The molecule has 0 unspecified atom stereocenters. The van der Waals surface area contributed by atoms with Crippen LogP contribution in [0, 0.1) is 5.41 Å². The van der Waals surface area contributed by atoms with E-state index < -0.39 is 5.41 Å². The molecular formula is C12H21N5O. The van der Waals surface area contributed by atoms with E-state index in [9.17, 15) is 4.79 Å². The molecule has 18 heavy (non-hydrogen) atoms. The second-order valence-electron chi connectivity index (χ2n) is 4.76. The van der Waals surface area contributed by atoms with Gasteiger partial charge in [0.05, 0.1) is 5.41 Å². The highest BCUT2D eigenvalue weighted by molar-refractivity contribution is 5.82. The molecule has 0 aliphatic heterocycles. The Morgan fingerprint density at radius 3 is 2.67 bits per heavy atom. The summed E-state index contributed by atoms with van der Waals surface area (Å²) in [6, 6.07) is 1.67. The number of carbonyl (C=O) groups excluding carboxylic acids is 1. The molecule has 0 fully saturated rings. The van der Waals surface area contributed by atoms with Gasteiger partial charge in [-0.05, 0) is 13.8 Å². The molecule has 0 aliphatic rings. The highest BCUT2D eigenvalue weighted by atomic mass is 16.2. The first-order valence-electron chi connectivity index (χ1n) is 5.98. The summed E-state index contributed by atoms with van der Waals surface area (Å²) in [4.78, 5) is 20.0. The van der Waals surface area contributed by atoms with Crippen molar-refractivity contribution in [3.05, 3.63) is 11.9 Å². The van der Waals surface area contributed by atoms with Crippen LogP contribution >= 0.6 is 0 Å². The third-order valence-electron chi connectivity index (χ3n) is 2.66. The molecule has 1 rings (SSSR count). The Labute approximate surface area is 107 Å². The van der Waals surface area contributed by atoms with Gasteiger partial charge in [0.2, 0.25) is 5.91 Å². The van der Waals surface area contributed by atoms with E-state index in [-0.39, 0.29) is 5.91 Å². The summed E-state index contributed by atoms with van der Waals surface area (Å²) < 4.78 is 0. The third-order valence-corrected chi connectivity index (χ3v) is 2.66. The van der Waals surface area contributed by atoms with Gasteiger partial charge in [-0.3, -0.25) is 4.79 Å². The van der Waals surface area contributed by atoms with E-state index >= 15 is 0 Å². The predicted molar refractivity (Wildman–Crippen MR) is 72.2 cm³/mol. The third kappa shape index (κ3) is 3.58. The predicted octanol–water partition coefficient (Wildman–Crippen LogP) is 0.805. The van der Waals surface area contributed by atoms with Crippen LogP contribution in [0.5, 0.6) is 0 Å². The van der Waals surface area contributed by atoms with E-state index in [0.717, 1.165) is 6.42 Å². The number of hydrogen-bond donors (Lipinski definition) is 3. The van der Waals surface area contributed by atoms with Crippen LogP contribution in [0.15, 0.2) is 6.07 Å². The van der Waals surface area contributed by atoms with Crippen molar-refractivity contribution in [2.24, 2.45) is 5.41 Å². The molecule has 6 nitrogen and oxygen atoms in total. The summed E-state index contributed by atoms with van der Waals surface area (Å²) in [7, 11) is 1.63. The van der Waals surface area contributed by atoms with Crippen molar-refractivity contribution >= 4 is 17.5 Å². The van der Waals surface area contributed by atoms with Gasteiger partial charge in [-0.15, -0.1) is 0 Å². The molecule has 1 amide bonds. The maximum absolute atomic E-state index is 11.6. The molecule has 100 valence electrons. The average molecular weight is 251 g/mol. The van der Waals surface area contributed by atoms with Crippen molar-refractivity contribution in [2.45, 2.75) is 27.2 Å². The van der Waals surface area contributed by atoms with Gasteiger partial charge in [-0.25, -0.2) is 9.97 Å². The van der Waals surface area contributed by atoms with Crippen LogP contribution in [0.3, 0.4) is 0 Å². The number of amides is 1. The summed E-state index contributed by atoms with van der Waals surface area (Å²) in [5.41, 5.74) is 5.18. The Kier molecular flexibility index (Phi) is 4.47. The molecule has 0 aliphatic carbocycles. The van der Waals surface area contributed by atoms with Gasteiger partial charge in [-0.1, -0.05) is 6.92 Å². The molecule has 1 aromatic rings. The van der Waals surface area contributed by atoms with E-state index in [1.165, 1.54) is 0 Å². The van der Waals surface area contributed by atoms with Crippen LogP contribution in [0.1, 0.15) is 26.6 Å². The maximum Gasteiger partial charge on any atom is 0.227 e. The van der Waals surface area contributed by atoms with Gasteiger partial charge in [0.15, 0.2) is 0 Å². The van der Waals surface area contributed by atoms with E-state index in [1.807, 2.05) is 20.8 Å². The van der Waals surface area contributed by atoms with Gasteiger partial charge in [0.25, 0.3) is 0 Å². The number of hydrogen-bond acceptors (Lipinski definition) is 5. The largest absolute Gasteiger partial charge is 0.384 e. The molecule has 0 saturated heterocycles. The van der Waals surface area contributed by atoms with Crippen LogP contribution in [0.25, 0.3) is 0 Å². The van der Waals surface area contributed by atoms with Gasteiger partial charge in [0.1, 0.15) is 17.5 Å². The van der Waals surface area contributed by atoms with Gasteiger partial charge in [0, 0.05) is 26.1 Å². The van der Waals surface area contributed by atoms with Crippen molar-refractivity contribution in [2.75, 3.05) is 24.6 Å². The Morgan fingerprint density at radius 1 is 1.44 bits per heavy atom. The number of nitrogens with two attached hydrogens (primary N) is 1. The Hall–Kier alpha value is -1.85. The zero-order valence-corrected chi connectivity index (χ0v) is 11.4. The molecule has 1 heterocycles. The fraction of sp³-hybridized carbons (Fsp3) is 0.583. The van der Waals surface area contributed by atoms with E-state index in [0.29, 0.717) is 24.0 Å². The molecule has 0 radical (unpaired) electrons. The summed E-state index contributed by atoms with van der Waals surface area (Å²) in [6.07, 6.45) is 0.721. The molecule has 6 heteroatoms. The summed E-state index contributed by atoms with van der Waals surface area (Å²) in [5.74, 6) is 1.75. The van der Waals surface area contributed by atoms with Crippen LogP contribution in [0.4, 0.5) is 11.6 Å². The second kappa shape index (κ2) is 5.66. The lowest BCUT2D eigenvalue weighted by molar-refractivity contribution is -0.128. The SMILES string of the molecule is CCc1nc(N)cc(NCC(C)(C)C(=O)NC)n1. The lowest BCUT2D eigenvalue weighted by Crippen LogP contribution is -2.39. The molecule has 0 aromatic carbocycles. The number of nitrogens with one attached hydrogen (secondary N) is 2. The number of aromatic nitrogens is 2. The summed E-state index contributed by atoms with van der Waals surface area (Å²) >= 11 is 0. The van der Waals surface area contributed by atoms with Gasteiger partial charge < -0.3 is 16.4 Å². The fourth-order valence-corrected chi connectivity index (χ4v) is 1.50. The van der Waals surface area contributed by atoms with Crippen molar-refractivity contribution in [3.8, 4) is 0 Å². The van der Waals surface area contributed by atoms with Crippen molar-refractivity contribution in [1.29, 1.82) is 0 Å². The van der Waals surface area contributed by atoms with Crippen molar-refractivity contribution in [3.63, 3.8) is 0 Å². The molecule has 0 bridgehead atoms. The lowest BCUT2D eigenvalue weighted by atomic mass is 9.92. The van der Waals surface area contributed by atoms with Crippen LogP contribution in [-0.2, 0) is 11.2 Å². The minimum atomic E-state index is -0.513. The second-order valence-corrected chi connectivity index (χ2v) is 4.76. The quantitative estimate of drug-likeness (QED) is 0.720. The van der Waals surface area contributed by atoms with Crippen molar-refractivity contribution < 1.29 is 4.79 Å². The monoisotopic (exact) mass is 251 g/mol. The van der Waals surface area contributed by atoms with E-state index in [4.69, 9.17) is 5.73 Å². The first-order chi connectivity index (χ1) is 8.39. The van der Waals surface area contributed by atoms with Gasteiger partial charge >= 0.3 is 0 Å². The summed E-state index contributed by atoms with van der Waals surface area (Å²) in [6.45, 7) is 6.17. The Morgan fingerprint density at radius 2 is 2.11 bits per heavy atom. The van der Waals surface area contributed by atoms with Crippen molar-refractivity contribution in [1.82, 2.24) is 15.3 Å². The zero-order valence-electron chi connectivity index (χ0n) is 11.4. The van der Waals surface area contributed by atoms with E-state index in [2.05, 4.69) is 20.6 Å². The molecule has 0 saturated carbocycles. The average Bonchev–Trinajstić information content (AvgIpc) is 2.34. The van der Waals surface area contributed by atoms with E-state index in [1.54, 1.807) is 13.1 Å². The summed E-state index contributed by atoms with van der Waals surface area (Å²) in [5, 5.41) is 5.76. The highest BCUT2D eigenvalue weighted by Crippen LogP contribution is 2.17. The Bertz CT molecular complexity index is 430. The topological polar surface area (TPSA) is 92.9 Å². The fourth-order valence-electron chi connectivity index (χ4n) is 1.50.